The van der Waals surface area contributed by atoms with Crippen LogP contribution in [0.3, 0.4) is 0 Å². The second kappa shape index (κ2) is 7.68. The van der Waals surface area contributed by atoms with Gasteiger partial charge in [0.15, 0.2) is 0 Å². The molecule has 0 saturated carbocycles. The summed E-state index contributed by atoms with van der Waals surface area (Å²) < 4.78 is 29.0. The number of ether oxygens (including phenoxy) is 1. The van der Waals surface area contributed by atoms with E-state index in [1.165, 1.54) is 18.3 Å². The number of hydrogen-bond donors (Lipinski definition) is 3. The highest BCUT2D eigenvalue weighted by atomic mass is 19.3. The number of benzene rings is 1. The summed E-state index contributed by atoms with van der Waals surface area (Å²) >= 11 is 0. The normalized spacial score (nSPS) is 12.2. The number of amides is 1. The van der Waals surface area contributed by atoms with Gasteiger partial charge in [-0.1, -0.05) is 19.1 Å². The van der Waals surface area contributed by atoms with Crippen molar-refractivity contribution in [3.8, 4) is 17.0 Å². The minimum Gasteiger partial charge on any atom is -0.435 e. The van der Waals surface area contributed by atoms with Crippen LogP contribution in [-0.2, 0) is 0 Å². The number of nitrogens with one attached hydrogen (secondary N) is 2. The quantitative estimate of drug-likeness (QED) is 0.726. The van der Waals surface area contributed by atoms with Crippen LogP contribution >= 0.6 is 0 Å². The van der Waals surface area contributed by atoms with Crippen LogP contribution in [0.4, 0.5) is 8.78 Å². The minimum absolute atomic E-state index is 0.00946. The lowest BCUT2D eigenvalue weighted by Crippen LogP contribution is -2.31. The van der Waals surface area contributed by atoms with Gasteiger partial charge in [-0.15, -0.1) is 0 Å². The van der Waals surface area contributed by atoms with Gasteiger partial charge in [-0.05, 0) is 24.6 Å². The number of alkyl halides is 2. The third-order valence-corrected chi connectivity index (χ3v) is 3.25. The molecule has 0 bridgehead atoms. The highest BCUT2D eigenvalue weighted by Gasteiger charge is 2.16. The molecule has 1 amide bonds. The fourth-order valence-electron chi connectivity index (χ4n) is 1.95. The van der Waals surface area contributed by atoms with Crippen molar-refractivity contribution in [3.63, 3.8) is 0 Å². The van der Waals surface area contributed by atoms with Gasteiger partial charge in [0.2, 0.25) is 0 Å². The van der Waals surface area contributed by atoms with E-state index < -0.39 is 6.61 Å². The summed E-state index contributed by atoms with van der Waals surface area (Å²) in [7, 11) is 0. The number of rotatable bonds is 7. The van der Waals surface area contributed by atoms with Crippen molar-refractivity contribution in [3.05, 3.63) is 36.0 Å². The predicted octanol–water partition coefficient (Wildman–Crippen LogP) is 2.00. The van der Waals surface area contributed by atoms with Gasteiger partial charge in [-0.25, -0.2) is 0 Å². The van der Waals surface area contributed by atoms with Crippen LogP contribution in [0.2, 0.25) is 0 Å². The maximum Gasteiger partial charge on any atom is 0.387 e. The molecule has 2 rings (SSSR count). The number of aromatic nitrogens is 2. The lowest BCUT2D eigenvalue weighted by Gasteiger charge is -2.10. The number of carbonyl (C=O) groups is 1. The smallest absolute Gasteiger partial charge is 0.387 e. The molecule has 0 aliphatic rings. The molecule has 1 unspecified atom stereocenters. The number of halogens is 2. The van der Waals surface area contributed by atoms with Crippen molar-refractivity contribution in [2.45, 2.75) is 13.5 Å². The molecule has 124 valence electrons. The van der Waals surface area contributed by atoms with Crippen LogP contribution in [-0.4, -0.2) is 35.8 Å². The molecule has 1 heterocycles. The summed E-state index contributed by atoms with van der Waals surface area (Å²) in [6, 6.07) is 6.06. The third kappa shape index (κ3) is 4.49. The average molecular weight is 324 g/mol. The fraction of sp³-hybridized carbons (Fsp3) is 0.333. The summed E-state index contributed by atoms with van der Waals surface area (Å²) in [6.45, 7) is -0.0885. The first kappa shape index (κ1) is 16.9. The molecule has 0 aliphatic carbocycles. The SMILES string of the molecule is CC(CN)CNC(=O)c1cn[nH]c1-c1cccc(OC(F)F)c1. The van der Waals surface area contributed by atoms with Crippen molar-refractivity contribution >= 4 is 5.91 Å². The number of carbonyl (C=O) groups excluding carboxylic acids is 1. The Morgan fingerprint density at radius 1 is 1.48 bits per heavy atom. The largest absolute Gasteiger partial charge is 0.435 e. The molecular weight excluding hydrogens is 306 g/mol. The van der Waals surface area contributed by atoms with E-state index in [9.17, 15) is 13.6 Å². The van der Waals surface area contributed by atoms with E-state index >= 15 is 0 Å². The molecule has 4 N–H and O–H groups in total. The zero-order valence-electron chi connectivity index (χ0n) is 12.6. The number of H-pyrrole nitrogens is 1. The lowest BCUT2D eigenvalue weighted by atomic mass is 10.1. The van der Waals surface area contributed by atoms with Crippen LogP contribution in [0.1, 0.15) is 17.3 Å². The molecular formula is C15H18F2N4O2. The highest BCUT2D eigenvalue weighted by Crippen LogP contribution is 2.25. The molecule has 0 aliphatic heterocycles. The van der Waals surface area contributed by atoms with Crippen molar-refractivity contribution in [2.75, 3.05) is 13.1 Å². The van der Waals surface area contributed by atoms with Gasteiger partial charge in [0.1, 0.15) is 5.75 Å². The molecule has 0 radical (unpaired) electrons. The summed E-state index contributed by atoms with van der Waals surface area (Å²) in [4.78, 5) is 12.2. The minimum atomic E-state index is -2.91. The zero-order valence-corrected chi connectivity index (χ0v) is 12.6. The molecule has 0 spiro atoms. The van der Waals surface area contributed by atoms with Crippen molar-refractivity contribution < 1.29 is 18.3 Å². The van der Waals surface area contributed by atoms with E-state index in [0.29, 0.717) is 29.9 Å². The van der Waals surface area contributed by atoms with E-state index in [0.717, 1.165) is 0 Å². The second-order valence-corrected chi connectivity index (χ2v) is 5.12. The molecule has 0 fully saturated rings. The molecule has 0 saturated heterocycles. The summed E-state index contributed by atoms with van der Waals surface area (Å²) in [5, 5.41) is 9.33. The van der Waals surface area contributed by atoms with Gasteiger partial charge < -0.3 is 15.8 Å². The average Bonchev–Trinajstić information content (AvgIpc) is 3.01. The first-order valence-corrected chi connectivity index (χ1v) is 7.08. The Morgan fingerprint density at radius 3 is 2.96 bits per heavy atom. The van der Waals surface area contributed by atoms with E-state index in [-0.39, 0.29) is 17.6 Å². The molecule has 2 aromatic rings. The van der Waals surface area contributed by atoms with Crippen LogP contribution in [0.25, 0.3) is 11.3 Å². The van der Waals surface area contributed by atoms with Gasteiger partial charge >= 0.3 is 6.61 Å². The maximum atomic E-state index is 12.3. The molecule has 23 heavy (non-hydrogen) atoms. The Kier molecular flexibility index (Phi) is 5.64. The second-order valence-electron chi connectivity index (χ2n) is 5.12. The van der Waals surface area contributed by atoms with E-state index in [4.69, 9.17) is 5.73 Å². The first-order valence-electron chi connectivity index (χ1n) is 7.08. The number of nitrogens with two attached hydrogens (primary N) is 1. The third-order valence-electron chi connectivity index (χ3n) is 3.25. The molecule has 6 nitrogen and oxygen atoms in total. The van der Waals surface area contributed by atoms with E-state index in [2.05, 4.69) is 20.3 Å². The van der Waals surface area contributed by atoms with Crippen LogP contribution < -0.4 is 15.8 Å². The van der Waals surface area contributed by atoms with Gasteiger partial charge in [0.05, 0.1) is 17.5 Å². The van der Waals surface area contributed by atoms with Crippen LogP contribution in [0.15, 0.2) is 30.5 Å². The monoisotopic (exact) mass is 324 g/mol. The molecule has 1 atom stereocenters. The van der Waals surface area contributed by atoms with Crippen molar-refractivity contribution in [1.29, 1.82) is 0 Å². The Hall–Kier alpha value is -2.48. The molecule has 8 heteroatoms. The number of hydrogen-bond acceptors (Lipinski definition) is 4. The van der Waals surface area contributed by atoms with Crippen molar-refractivity contribution in [1.82, 2.24) is 15.5 Å². The van der Waals surface area contributed by atoms with E-state index in [1.54, 1.807) is 12.1 Å². The van der Waals surface area contributed by atoms with Gasteiger partial charge in [-0.3, -0.25) is 9.89 Å². The Balaban J connectivity index is 2.19. The Bertz CT molecular complexity index is 660. The van der Waals surface area contributed by atoms with Gasteiger partial charge in [-0.2, -0.15) is 13.9 Å². The highest BCUT2D eigenvalue weighted by molar-refractivity contribution is 5.99. The van der Waals surface area contributed by atoms with Crippen molar-refractivity contribution in [2.24, 2.45) is 11.7 Å². The Morgan fingerprint density at radius 2 is 2.26 bits per heavy atom. The lowest BCUT2D eigenvalue weighted by molar-refractivity contribution is -0.0498. The zero-order chi connectivity index (χ0) is 16.8. The van der Waals surface area contributed by atoms with Gasteiger partial charge in [0.25, 0.3) is 5.91 Å². The molecule has 1 aromatic heterocycles. The predicted molar refractivity (Wildman–Crippen MR) is 81.2 cm³/mol. The fourth-order valence-corrected chi connectivity index (χ4v) is 1.95. The van der Waals surface area contributed by atoms with E-state index in [1.807, 2.05) is 6.92 Å². The number of nitrogens with zero attached hydrogens (tertiary/aromatic N) is 1. The number of aromatic amines is 1. The standard InChI is InChI=1S/C15H18F2N4O2/c1-9(6-18)7-19-14(22)12-8-20-21-13(12)10-3-2-4-11(5-10)23-15(16)17/h2-5,8-9,15H,6-7,18H2,1H3,(H,19,22)(H,20,21). The van der Waals surface area contributed by atoms with Crippen LogP contribution in [0.5, 0.6) is 5.75 Å². The van der Waals surface area contributed by atoms with Crippen LogP contribution in [0, 0.1) is 5.92 Å². The first-order chi connectivity index (χ1) is 11.0. The maximum absolute atomic E-state index is 12.3. The topological polar surface area (TPSA) is 93.0 Å². The summed E-state index contributed by atoms with van der Waals surface area (Å²) in [5.74, 6) is -0.151. The summed E-state index contributed by atoms with van der Waals surface area (Å²) in [6.07, 6.45) is 1.39. The Labute approximate surface area is 132 Å². The summed E-state index contributed by atoms with van der Waals surface area (Å²) in [5.41, 5.74) is 6.79. The molecule has 1 aromatic carbocycles. The van der Waals surface area contributed by atoms with Gasteiger partial charge in [0, 0.05) is 12.1 Å².